The molecule has 0 heterocycles. The van der Waals surface area contributed by atoms with Crippen molar-refractivity contribution in [1.82, 2.24) is 0 Å². The number of hydrogen-bond acceptors (Lipinski definition) is 3. The summed E-state index contributed by atoms with van der Waals surface area (Å²) in [5, 5.41) is 0. The largest absolute Gasteiger partial charge is 1.00 e. The van der Waals surface area contributed by atoms with Crippen molar-refractivity contribution >= 4 is 9.17 Å². The minimum absolute atomic E-state index is 0. The standard InChI is InChI=1S/C6H13O3Si.Na/c1-2-3-4-5-6-9-10(7)8;/h2-6H2,1H3;/q-1;+1. The molecule has 0 N–H and O–H groups in total. The fourth-order valence-corrected chi connectivity index (χ4v) is 0.995. The van der Waals surface area contributed by atoms with Crippen LogP contribution in [0.2, 0.25) is 0 Å². The van der Waals surface area contributed by atoms with Gasteiger partial charge in [-0.1, -0.05) is 26.2 Å². The van der Waals surface area contributed by atoms with E-state index in [1.165, 1.54) is 0 Å². The van der Waals surface area contributed by atoms with Crippen molar-refractivity contribution in [2.24, 2.45) is 0 Å². The van der Waals surface area contributed by atoms with Gasteiger partial charge in [0.1, 0.15) is 0 Å². The van der Waals surface area contributed by atoms with Crippen LogP contribution in [-0.2, 0) is 8.89 Å². The average Bonchev–Trinajstić information content (AvgIpc) is 1.87. The van der Waals surface area contributed by atoms with E-state index in [4.69, 9.17) is 0 Å². The first-order valence-corrected chi connectivity index (χ1v) is 4.83. The van der Waals surface area contributed by atoms with Crippen LogP contribution in [0.3, 0.4) is 0 Å². The minimum Gasteiger partial charge on any atom is -0.588 e. The smallest absolute Gasteiger partial charge is 0.588 e. The normalized spacial score (nSPS) is 8.45. The molecule has 0 bridgehead atoms. The SMILES string of the molecule is CCCCCCO[Si](=O)[O-].[Na+]. The van der Waals surface area contributed by atoms with Crippen molar-refractivity contribution in [1.29, 1.82) is 0 Å². The van der Waals surface area contributed by atoms with Gasteiger partial charge in [-0.05, 0) is 6.42 Å². The van der Waals surface area contributed by atoms with Crippen LogP contribution in [0.5, 0.6) is 0 Å². The molecule has 0 aromatic heterocycles. The van der Waals surface area contributed by atoms with Gasteiger partial charge in [-0.25, -0.2) is 0 Å². The second-order valence-corrected chi connectivity index (χ2v) is 2.95. The van der Waals surface area contributed by atoms with Gasteiger partial charge in [0, 0.05) is 6.61 Å². The van der Waals surface area contributed by atoms with Crippen LogP contribution >= 0.6 is 0 Å². The quantitative estimate of drug-likeness (QED) is 0.335. The summed E-state index contributed by atoms with van der Waals surface area (Å²) < 4.78 is 14.3. The van der Waals surface area contributed by atoms with Crippen LogP contribution in [0, 0.1) is 0 Å². The fourth-order valence-electron chi connectivity index (χ4n) is 0.684. The summed E-state index contributed by atoms with van der Waals surface area (Å²) in [4.78, 5) is 9.88. The van der Waals surface area contributed by atoms with Gasteiger partial charge in [0.05, 0.1) is 0 Å². The van der Waals surface area contributed by atoms with Crippen LogP contribution in [-0.4, -0.2) is 15.8 Å². The van der Waals surface area contributed by atoms with E-state index >= 15 is 0 Å². The van der Waals surface area contributed by atoms with E-state index in [0.29, 0.717) is 6.61 Å². The van der Waals surface area contributed by atoms with E-state index < -0.39 is 9.17 Å². The van der Waals surface area contributed by atoms with Gasteiger partial charge >= 0.3 is 38.7 Å². The van der Waals surface area contributed by atoms with E-state index in [0.717, 1.165) is 25.7 Å². The Labute approximate surface area is 91.3 Å². The first-order valence-electron chi connectivity index (χ1n) is 3.61. The van der Waals surface area contributed by atoms with Crippen LogP contribution in [0.25, 0.3) is 0 Å². The van der Waals surface area contributed by atoms with Crippen molar-refractivity contribution in [2.75, 3.05) is 6.61 Å². The van der Waals surface area contributed by atoms with E-state index in [1.807, 2.05) is 0 Å². The monoisotopic (exact) mass is 184 g/mol. The summed E-state index contributed by atoms with van der Waals surface area (Å²) in [7, 11) is -2.92. The van der Waals surface area contributed by atoms with E-state index in [1.54, 1.807) is 0 Å². The van der Waals surface area contributed by atoms with Crippen LogP contribution < -0.4 is 34.4 Å². The van der Waals surface area contributed by atoms with Crippen molar-refractivity contribution in [3.8, 4) is 0 Å². The molecule has 0 aromatic rings. The van der Waals surface area contributed by atoms with Gasteiger partial charge in [-0.3, -0.25) is 0 Å². The van der Waals surface area contributed by atoms with Crippen molar-refractivity contribution < 1.29 is 43.2 Å². The van der Waals surface area contributed by atoms with Gasteiger partial charge < -0.3 is 13.7 Å². The summed E-state index contributed by atoms with van der Waals surface area (Å²) in [6, 6.07) is 0. The number of rotatable bonds is 6. The zero-order chi connectivity index (χ0) is 7.82. The fraction of sp³-hybridized carbons (Fsp3) is 1.00. The molecule has 0 fully saturated rings. The molecular weight excluding hydrogens is 171 g/mol. The summed E-state index contributed by atoms with van der Waals surface area (Å²) in [5.41, 5.74) is 0. The van der Waals surface area contributed by atoms with Gasteiger partial charge in [0.25, 0.3) is 0 Å². The Morgan fingerprint density at radius 3 is 2.45 bits per heavy atom. The molecule has 11 heavy (non-hydrogen) atoms. The summed E-state index contributed by atoms with van der Waals surface area (Å²) in [6.07, 6.45) is 4.23. The Kier molecular flexibility index (Phi) is 13.7. The molecule has 3 nitrogen and oxygen atoms in total. The molecule has 5 heteroatoms. The molecule has 0 radical (unpaired) electrons. The van der Waals surface area contributed by atoms with Crippen LogP contribution in [0.4, 0.5) is 0 Å². The van der Waals surface area contributed by atoms with Gasteiger partial charge in [-0.2, -0.15) is 0 Å². The summed E-state index contributed by atoms with van der Waals surface area (Å²) >= 11 is 0. The van der Waals surface area contributed by atoms with E-state index in [2.05, 4.69) is 11.3 Å². The maximum atomic E-state index is 9.88. The molecule has 0 saturated carbocycles. The Morgan fingerprint density at radius 1 is 1.36 bits per heavy atom. The predicted molar refractivity (Wildman–Crippen MR) is 36.5 cm³/mol. The molecule has 0 rings (SSSR count). The van der Waals surface area contributed by atoms with Gasteiger partial charge in [0.15, 0.2) is 0 Å². The maximum Gasteiger partial charge on any atom is 1.00 e. The third-order valence-electron chi connectivity index (χ3n) is 1.22. The molecule has 60 valence electrons. The average molecular weight is 184 g/mol. The Hall–Kier alpha value is 0.617. The molecule has 0 unspecified atom stereocenters. The maximum absolute atomic E-state index is 9.88. The Bertz CT molecular complexity index is 99.8. The minimum atomic E-state index is -2.92. The molecule has 0 spiro atoms. The Balaban J connectivity index is 0. The summed E-state index contributed by atoms with van der Waals surface area (Å²) in [6.45, 7) is 2.47. The molecule has 0 aliphatic heterocycles. The molecule has 0 amide bonds. The van der Waals surface area contributed by atoms with Crippen LogP contribution in [0.15, 0.2) is 0 Å². The van der Waals surface area contributed by atoms with Crippen LogP contribution in [0.1, 0.15) is 32.6 Å². The summed E-state index contributed by atoms with van der Waals surface area (Å²) in [5.74, 6) is 0. The van der Waals surface area contributed by atoms with E-state index in [9.17, 15) is 9.26 Å². The Morgan fingerprint density at radius 2 is 2.00 bits per heavy atom. The van der Waals surface area contributed by atoms with Crippen molar-refractivity contribution in [2.45, 2.75) is 32.6 Å². The second-order valence-electron chi connectivity index (χ2n) is 2.16. The molecular formula is C6H13NaO3Si. The zero-order valence-electron chi connectivity index (χ0n) is 7.26. The molecule has 0 aromatic carbocycles. The first kappa shape index (κ1) is 14.2. The van der Waals surface area contributed by atoms with E-state index in [-0.39, 0.29) is 29.6 Å². The van der Waals surface area contributed by atoms with Crippen molar-refractivity contribution in [3.05, 3.63) is 0 Å². The third kappa shape index (κ3) is 13.6. The van der Waals surface area contributed by atoms with Gasteiger partial charge in [-0.15, -0.1) is 0 Å². The molecule has 0 atom stereocenters. The molecule has 0 aliphatic rings. The number of hydrogen-bond donors (Lipinski definition) is 0. The molecule has 0 saturated heterocycles. The van der Waals surface area contributed by atoms with Crippen molar-refractivity contribution in [3.63, 3.8) is 0 Å². The topological polar surface area (TPSA) is 49.4 Å². The zero-order valence-corrected chi connectivity index (χ0v) is 10.3. The number of unbranched alkanes of at least 4 members (excludes halogenated alkanes) is 3. The first-order chi connectivity index (χ1) is 4.77. The molecule has 0 aliphatic carbocycles. The van der Waals surface area contributed by atoms with Gasteiger partial charge in [0.2, 0.25) is 0 Å². The third-order valence-corrected chi connectivity index (χ3v) is 1.66. The predicted octanol–water partition coefficient (Wildman–Crippen LogP) is -2.64. The second kappa shape index (κ2) is 10.6.